The van der Waals surface area contributed by atoms with E-state index in [0.29, 0.717) is 24.3 Å². The highest BCUT2D eigenvalue weighted by Crippen LogP contribution is 2.51. The first-order chi connectivity index (χ1) is 50.1. The Morgan fingerprint density at radius 3 is 1.12 bits per heavy atom. The molecule has 0 radical (unpaired) electrons. The highest BCUT2D eigenvalue weighted by molar-refractivity contribution is 5.53. The van der Waals surface area contributed by atoms with Crippen LogP contribution in [0, 0.1) is 82.9 Å². The number of fused-ring (bicyclic) bond motifs is 4. The van der Waals surface area contributed by atoms with Gasteiger partial charge >= 0.3 is 0 Å². The van der Waals surface area contributed by atoms with Crippen molar-refractivity contribution in [1.29, 1.82) is 0 Å². The van der Waals surface area contributed by atoms with Crippen LogP contribution in [0.25, 0.3) is 0 Å². The van der Waals surface area contributed by atoms with Crippen molar-refractivity contribution in [2.45, 2.75) is 179 Å². The van der Waals surface area contributed by atoms with Crippen molar-refractivity contribution >= 4 is 0 Å². The summed E-state index contributed by atoms with van der Waals surface area (Å²) in [4.78, 5) is 0. The molecule has 6 aromatic carbocycles. The molecule has 4 heterocycles. The topological polar surface area (TPSA) is 335 Å². The van der Waals surface area contributed by atoms with Crippen LogP contribution in [0.5, 0.6) is 23.0 Å². The Hall–Kier alpha value is -6.27. The zero-order valence-corrected chi connectivity index (χ0v) is 61.8. The molecule has 0 saturated carbocycles. The standard InChI is InChI=1S/C30H42O7.C26H33FO7.C26H32O8/c1-16-9-19-11-20(13-31)22(14-36-29-28(34)27(33)24(32)15-37-29)26(21(19)10-17(16)2)18-7-8-25(35-6)23(12-18)30(3,4)5;1-13-6-16-8-17(10-28)19(11-33-26-25(31)24(30)21(29)12-34-26)23(18(16)7-14(13)2)15-4-5-20(27)22(9-15)32-3;1-13-5-16-7-17(9-27)19(10-31-26-25(30)24(29)20(28)11-32-26)23(18(16)6-14(13)2)15-3-4-21-22(8-15)34-12-33-21/h7-10,12,20,22,24,26-29,31-34H,11,13-15H2,1-6H3;4-7,9,17,19,21,23-26,28-31H,8,10-12H2,1-3H3;3-6,8,17,19-20,23-30H,7,9-12H2,1-2H3/t20-,22-,24-,26?,27+,28-,29-;17-,19-,21-,23?,24+,25-,26-;17-,19-,20-,23?,24+,25-,26-/m111/s1. The second-order valence-corrected chi connectivity index (χ2v) is 30.7. The quantitative estimate of drug-likeness (QED) is 0.0484. The van der Waals surface area contributed by atoms with Crippen molar-refractivity contribution in [1.82, 2.24) is 0 Å². The second-order valence-electron chi connectivity index (χ2n) is 30.7. The fourth-order valence-electron chi connectivity index (χ4n) is 16.4. The van der Waals surface area contributed by atoms with Crippen LogP contribution in [0.3, 0.4) is 0 Å². The molecule has 105 heavy (non-hydrogen) atoms. The highest BCUT2D eigenvalue weighted by Gasteiger charge is 2.47. The first-order valence-corrected chi connectivity index (χ1v) is 36.4. The molecule has 0 aromatic heterocycles. The van der Waals surface area contributed by atoms with Crippen LogP contribution in [0.1, 0.15) is 128 Å². The Kier molecular flexibility index (Phi) is 25.9. The lowest BCUT2D eigenvalue weighted by molar-refractivity contribution is -0.274. The van der Waals surface area contributed by atoms with Gasteiger partial charge in [0.1, 0.15) is 60.7 Å². The van der Waals surface area contributed by atoms with Crippen LogP contribution >= 0.6 is 0 Å². The SMILES string of the molecule is COc1cc(C2c3cc(C)c(C)cc3C[C@H](CO)[C@H]2CO[C@@H]2OC[C@@H](O)[C@H](O)[C@H]2O)ccc1F.COc1ccc(C2c3cc(C)c(C)cc3C[C@H](CO)[C@H]2CO[C@@H]2OC[C@@H](O)[C@H](O)[C@H]2O)cc1C(C)(C)C.Cc1cc2c(cc1C)C(c1ccc3c(c1)OCO3)[C@H](CO[C@@H]1OC[C@@H](O)[C@H](O)[C@H]1O)[C@@H](CO)C2. The normalized spacial score (nSPS) is 31.3. The number of ether oxygens (including phenoxy) is 10. The molecule has 7 aliphatic rings. The molecule has 6 aromatic rings. The van der Waals surface area contributed by atoms with E-state index < -0.39 is 79.6 Å². The third-order valence-electron chi connectivity index (χ3n) is 22.9. The van der Waals surface area contributed by atoms with E-state index in [1.54, 1.807) is 19.2 Å². The minimum atomic E-state index is -1.40. The van der Waals surface area contributed by atoms with Crippen molar-refractivity contribution in [2.75, 3.05) is 80.5 Å². The lowest BCUT2D eigenvalue weighted by Gasteiger charge is -2.42. The molecule has 23 heteroatoms. The molecule has 0 bridgehead atoms. The predicted octanol–water partition coefficient (Wildman–Crippen LogP) is 6.20. The molecule has 4 aliphatic heterocycles. The summed E-state index contributed by atoms with van der Waals surface area (Å²) in [5.74, 6) is 0.746. The summed E-state index contributed by atoms with van der Waals surface area (Å²) >= 11 is 0. The number of benzene rings is 6. The molecule has 574 valence electrons. The van der Waals surface area contributed by atoms with Crippen LogP contribution in [-0.2, 0) is 53.1 Å². The maximum atomic E-state index is 14.2. The van der Waals surface area contributed by atoms with Gasteiger partial charge in [0.2, 0.25) is 6.79 Å². The molecule has 3 saturated heterocycles. The van der Waals surface area contributed by atoms with Gasteiger partial charge in [0, 0.05) is 37.6 Å². The minimum absolute atomic E-state index is 0.00537. The van der Waals surface area contributed by atoms with Crippen LogP contribution in [0.15, 0.2) is 91.0 Å². The molecular formula is C82H107FO22. The third kappa shape index (κ3) is 17.1. The fourth-order valence-corrected chi connectivity index (χ4v) is 16.4. The molecule has 22 nitrogen and oxygen atoms in total. The minimum Gasteiger partial charge on any atom is -0.496 e. The number of hydrogen-bond donors (Lipinski definition) is 12. The lowest BCUT2D eigenvalue weighted by Crippen LogP contribution is -2.54. The molecule has 12 N–H and O–H groups in total. The zero-order valence-electron chi connectivity index (χ0n) is 61.8. The van der Waals surface area contributed by atoms with Gasteiger partial charge in [0.25, 0.3) is 0 Å². The van der Waals surface area contributed by atoms with Gasteiger partial charge in [-0.3, -0.25) is 0 Å². The van der Waals surface area contributed by atoms with E-state index in [2.05, 4.69) is 104 Å². The Morgan fingerprint density at radius 1 is 0.410 bits per heavy atom. The fraction of sp³-hybridized carbons (Fsp3) is 0.561. The van der Waals surface area contributed by atoms with Crippen LogP contribution in [-0.4, -0.2) is 216 Å². The number of methoxy groups -OCH3 is 2. The van der Waals surface area contributed by atoms with Gasteiger partial charge in [0.05, 0.1) is 53.9 Å². The predicted molar refractivity (Wildman–Crippen MR) is 385 cm³/mol. The number of aliphatic hydroxyl groups is 12. The number of halogens is 1. The molecular weight excluding hydrogens is 1360 g/mol. The molecule has 3 fully saturated rings. The maximum absolute atomic E-state index is 14.2. The Balaban J connectivity index is 0.000000158. The second kappa shape index (κ2) is 34.1. The first kappa shape index (κ1) is 79.8. The van der Waals surface area contributed by atoms with Crippen LogP contribution < -0.4 is 18.9 Å². The van der Waals surface area contributed by atoms with Gasteiger partial charge in [-0.05, 0) is 221 Å². The summed E-state index contributed by atoms with van der Waals surface area (Å²) in [6.45, 7) is 19.2. The summed E-state index contributed by atoms with van der Waals surface area (Å²) < 4.78 is 70.6. The summed E-state index contributed by atoms with van der Waals surface area (Å²) in [5.41, 5.74) is 18.1. The molecule has 3 aliphatic carbocycles. The van der Waals surface area contributed by atoms with E-state index >= 15 is 0 Å². The van der Waals surface area contributed by atoms with E-state index in [-0.39, 0.29) is 131 Å². The van der Waals surface area contributed by atoms with Gasteiger partial charge < -0.3 is 109 Å². The van der Waals surface area contributed by atoms with Crippen LogP contribution in [0.4, 0.5) is 4.39 Å². The smallest absolute Gasteiger partial charge is 0.231 e. The maximum Gasteiger partial charge on any atom is 0.231 e. The van der Waals surface area contributed by atoms with Gasteiger partial charge in [-0.2, -0.15) is 0 Å². The van der Waals surface area contributed by atoms with E-state index in [0.717, 1.165) is 56.7 Å². The molecule has 3 unspecified atom stereocenters. The number of hydrogen-bond acceptors (Lipinski definition) is 22. The third-order valence-corrected chi connectivity index (χ3v) is 22.9. The molecule has 21 atom stereocenters. The number of rotatable bonds is 17. The Labute approximate surface area is 613 Å². The summed E-state index contributed by atoms with van der Waals surface area (Å²) in [6.07, 6.45) is -12.8. The Morgan fingerprint density at radius 2 is 0.752 bits per heavy atom. The summed E-state index contributed by atoms with van der Waals surface area (Å²) in [5, 5.41) is 122. The monoisotopic (exact) mass is 1460 g/mol. The van der Waals surface area contributed by atoms with E-state index in [1.165, 1.54) is 57.7 Å². The van der Waals surface area contributed by atoms with Crippen molar-refractivity contribution in [2.24, 2.45) is 35.5 Å². The highest BCUT2D eigenvalue weighted by atomic mass is 19.1. The molecule has 0 spiro atoms. The zero-order chi connectivity index (χ0) is 75.6. The van der Waals surface area contributed by atoms with Gasteiger partial charge in [-0.1, -0.05) is 81.4 Å². The van der Waals surface area contributed by atoms with E-state index in [9.17, 15) is 65.7 Å². The van der Waals surface area contributed by atoms with Gasteiger partial charge in [-0.25, -0.2) is 4.39 Å². The lowest BCUT2D eigenvalue weighted by atomic mass is 9.66. The van der Waals surface area contributed by atoms with Gasteiger partial charge in [-0.15, -0.1) is 0 Å². The first-order valence-electron chi connectivity index (χ1n) is 36.4. The van der Waals surface area contributed by atoms with E-state index in [4.69, 9.17) is 47.4 Å². The van der Waals surface area contributed by atoms with E-state index in [1.807, 2.05) is 31.2 Å². The van der Waals surface area contributed by atoms with Crippen molar-refractivity contribution in [3.05, 3.63) is 186 Å². The van der Waals surface area contributed by atoms with Gasteiger partial charge in [0.15, 0.2) is 41.9 Å². The van der Waals surface area contributed by atoms with Crippen molar-refractivity contribution in [3.63, 3.8) is 0 Å². The average Bonchev–Trinajstić information content (AvgIpc) is 1.37. The largest absolute Gasteiger partial charge is 0.496 e. The van der Waals surface area contributed by atoms with Crippen molar-refractivity contribution in [3.8, 4) is 23.0 Å². The molecule has 0 amide bonds. The number of aliphatic hydroxyl groups excluding tert-OH is 12. The average molecular weight is 1460 g/mol. The summed E-state index contributed by atoms with van der Waals surface area (Å²) in [7, 11) is 3.11. The van der Waals surface area contributed by atoms with Crippen molar-refractivity contribution < 1.29 is 113 Å². The summed E-state index contributed by atoms with van der Waals surface area (Å²) in [6, 6.07) is 30.2. The Bertz CT molecular complexity index is 3820. The number of aryl methyl sites for hydroxylation is 6. The van der Waals surface area contributed by atoms with Crippen LogP contribution in [0.2, 0.25) is 0 Å². The molecule has 13 rings (SSSR count).